The van der Waals surface area contributed by atoms with Gasteiger partial charge in [0.25, 0.3) is 0 Å². The Morgan fingerprint density at radius 1 is 1.09 bits per heavy atom. The molecule has 0 spiro atoms. The molecule has 1 aliphatic rings. The van der Waals surface area contributed by atoms with E-state index in [0.29, 0.717) is 19.0 Å². The SMILES string of the molecule is C[C@@H]1COCCN1c1nc(-c2c[nH]c3ncccc23)nc2ccc(-c3ccnn3C)cc12. The quantitative estimate of drug-likeness (QED) is 0.473. The highest BCUT2D eigenvalue weighted by Gasteiger charge is 2.24. The predicted octanol–water partition coefficient (Wildman–Crippen LogP) is 3.80. The second kappa shape index (κ2) is 7.42. The first kappa shape index (κ1) is 18.9. The predicted molar refractivity (Wildman–Crippen MR) is 124 cm³/mol. The maximum atomic E-state index is 5.69. The van der Waals surface area contributed by atoms with E-state index in [1.54, 1.807) is 6.20 Å². The average Bonchev–Trinajstić information content (AvgIpc) is 3.45. The van der Waals surface area contributed by atoms with Crippen LogP contribution in [0.15, 0.2) is 55.0 Å². The Bertz CT molecular complexity index is 1440. The molecule has 1 aliphatic heterocycles. The molecule has 1 aromatic carbocycles. The second-order valence-corrected chi connectivity index (χ2v) is 8.16. The highest BCUT2D eigenvalue weighted by Crippen LogP contribution is 2.34. The molecule has 1 N–H and O–H groups in total. The molecule has 0 saturated carbocycles. The number of hydrogen-bond donors (Lipinski definition) is 1. The third-order valence-corrected chi connectivity index (χ3v) is 6.12. The highest BCUT2D eigenvalue weighted by molar-refractivity contribution is 5.97. The lowest BCUT2D eigenvalue weighted by Crippen LogP contribution is -2.44. The van der Waals surface area contributed by atoms with Gasteiger partial charge in [-0.25, -0.2) is 15.0 Å². The van der Waals surface area contributed by atoms with E-state index in [4.69, 9.17) is 14.7 Å². The van der Waals surface area contributed by atoms with E-state index in [1.165, 1.54) is 0 Å². The summed E-state index contributed by atoms with van der Waals surface area (Å²) >= 11 is 0. The minimum atomic E-state index is 0.222. The molecule has 160 valence electrons. The van der Waals surface area contributed by atoms with Crippen molar-refractivity contribution in [1.82, 2.24) is 29.7 Å². The van der Waals surface area contributed by atoms with E-state index in [2.05, 4.69) is 45.1 Å². The van der Waals surface area contributed by atoms with Crippen LogP contribution in [0.1, 0.15) is 6.92 Å². The Labute approximate surface area is 184 Å². The molecule has 5 aromatic rings. The van der Waals surface area contributed by atoms with Gasteiger partial charge in [-0.2, -0.15) is 5.10 Å². The van der Waals surface area contributed by atoms with Crippen molar-refractivity contribution in [2.75, 3.05) is 24.7 Å². The number of aromatic nitrogens is 6. The minimum absolute atomic E-state index is 0.222. The molecule has 0 amide bonds. The lowest BCUT2D eigenvalue weighted by atomic mass is 10.1. The van der Waals surface area contributed by atoms with E-state index in [0.717, 1.165) is 51.1 Å². The van der Waals surface area contributed by atoms with Crippen molar-refractivity contribution >= 4 is 27.8 Å². The average molecular weight is 425 g/mol. The van der Waals surface area contributed by atoms with Crippen LogP contribution in [-0.2, 0) is 11.8 Å². The van der Waals surface area contributed by atoms with Crippen molar-refractivity contribution in [3.05, 3.63) is 55.0 Å². The van der Waals surface area contributed by atoms with Crippen molar-refractivity contribution in [2.45, 2.75) is 13.0 Å². The largest absolute Gasteiger partial charge is 0.377 e. The molecule has 1 atom stereocenters. The lowest BCUT2D eigenvalue weighted by Gasteiger charge is -2.35. The Morgan fingerprint density at radius 2 is 2.03 bits per heavy atom. The second-order valence-electron chi connectivity index (χ2n) is 8.16. The van der Waals surface area contributed by atoms with Crippen molar-refractivity contribution in [1.29, 1.82) is 0 Å². The minimum Gasteiger partial charge on any atom is -0.377 e. The normalized spacial score (nSPS) is 16.8. The molecule has 5 heterocycles. The Hall–Kier alpha value is -3.78. The summed E-state index contributed by atoms with van der Waals surface area (Å²) < 4.78 is 7.58. The zero-order chi connectivity index (χ0) is 21.7. The van der Waals surface area contributed by atoms with Crippen LogP contribution >= 0.6 is 0 Å². The van der Waals surface area contributed by atoms with Gasteiger partial charge in [-0.3, -0.25) is 4.68 Å². The van der Waals surface area contributed by atoms with E-state index < -0.39 is 0 Å². The maximum absolute atomic E-state index is 5.69. The molecule has 0 radical (unpaired) electrons. The van der Waals surface area contributed by atoms with E-state index >= 15 is 0 Å². The number of H-pyrrole nitrogens is 1. The van der Waals surface area contributed by atoms with Crippen molar-refractivity contribution < 1.29 is 4.74 Å². The van der Waals surface area contributed by atoms with Crippen molar-refractivity contribution in [3.8, 4) is 22.6 Å². The summed E-state index contributed by atoms with van der Waals surface area (Å²) in [6.07, 6.45) is 5.54. The molecule has 8 nitrogen and oxygen atoms in total. The fourth-order valence-electron chi connectivity index (χ4n) is 4.45. The topological polar surface area (TPSA) is 84.8 Å². The molecule has 6 rings (SSSR count). The summed E-state index contributed by atoms with van der Waals surface area (Å²) in [6, 6.07) is 12.6. The molecular weight excluding hydrogens is 402 g/mol. The Kier molecular flexibility index (Phi) is 4.39. The zero-order valence-corrected chi connectivity index (χ0v) is 18.0. The van der Waals surface area contributed by atoms with Crippen LogP contribution < -0.4 is 4.90 Å². The number of rotatable bonds is 3. The molecule has 0 unspecified atom stereocenters. The molecule has 1 saturated heterocycles. The zero-order valence-electron chi connectivity index (χ0n) is 18.0. The highest BCUT2D eigenvalue weighted by atomic mass is 16.5. The number of anilines is 1. The van der Waals surface area contributed by atoms with Crippen LogP contribution in [0.5, 0.6) is 0 Å². The number of pyridine rings is 1. The third-order valence-electron chi connectivity index (χ3n) is 6.12. The van der Waals surface area contributed by atoms with Gasteiger partial charge in [0.15, 0.2) is 5.82 Å². The lowest BCUT2D eigenvalue weighted by molar-refractivity contribution is 0.0987. The number of aryl methyl sites for hydroxylation is 1. The van der Waals surface area contributed by atoms with Crippen LogP contribution in [0.4, 0.5) is 5.82 Å². The molecule has 0 bridgehead atoms. The summed E-state index contributed by atoms with van der Waals surface area (Å²) in [5, 5.41) is 6.36. The van der Waals surface area contributed by atoms with Crippen molar-refractivity contribution in [3.63, 3.8) is 0 Å². The number of nitrogens with zero attached hydrogens (tertiary/aromatic N) is 6. The van der Waals surface area contributed by atoms with Gasteiger partial charge in [0.1, 0.15) is 11.5 Å². The number of hydrogen-bond acceptors (Lipinski definition) is 6. The first-order valence-electron chi connectivity index (χ1n) is 10.8. The Balaban J connectivity index is 1.59. The van der Waals surface area contributed by atoms with Crippen LogP contribution in [-0.4, -0.2) is 55.5 Å². The molecule has 8 heteroatoms. The van der Waals surface area contributed by atoms with Gasteiger partial charge < -0.3 is 14.6 Å². The van der Waals surface area contributed by atoms with E-state index in [9.17, 15) is 0 Å². The molecular formula is C24H23N7O. The van der Waals surface area contributed by atoms with Gasteiger partial charge in [0.05, 0.1) is 30.5 Å². The Morgan fingerprint density at radius 3 is 2.88 bits per heavy atom. The van der Waals surface area contributed by atoms with Crippen LogP contribution in [0.25, 0.3) is 44.6 Å². The molecule has 1 fully saturated rings. The summed E-state index contributed by atoms with van der Waals surface area (Å²) in [5.74, 6) is 1.63. The van der Waals surface area contributed by atoms with Gasteiger partial charge >= 0.3 is 0 Å². The summed E-state index contributed by atoms with van der Waals surface area (Å²) in [5.41, 5.74) is 4.84. The fourth-order valence-corrected chi connectivity index (χ4v) is 4.45. The smallest absolute Gasteiger partial charge is 0.164 e. The van der Waals surface area contributed by atoms with Gasteiger partial charge in [-0.15, -0.1) is 0 Å². The fraction of sp³-hybridized carbons (Fsp3) is 0.250. The summed E-state index contributed by atoms with van der Waals surface area (Å²) in [4.78, 5) is 20.0. The first-order valence-corrected chi connectivity index (χ1v) is 10.8. The van der Waals surface area contributed by atoms with Crippen molar-refractivity contribution in [2.24, 2.45) is 7.05 Å². The number of nitrogens with one attached hydrogen (secondary N) is 1. The van der Waals surface area contributed by atoms with E-state index in [-0.39, 0.29) is 6.04 Å². The standard InChI is InChI=1S/C24H23N7O/c1-15-14-32-11-10-31(15)24-18-12-16(21-7-9-27-30(21)2)5-6-20(18)28-23(29-24)19-13-26-22-17(19)4-3-8-25-22/h3-9,12-13,15H,10-11,14H2,1-2H3,(H,25,26)/t15-/m1/s1. The molecule has 0 aliphatic carbocycles. The number of ether oxygens (including phenoxy) is 1. The number of benzene rings is 1. The number of morpholine rings is 1. The summed E-state index contributed by atoms with van der Waals surface area (Å²) in [6.45, 7) is 4.33. The molecule has 32 heavy (non-hydrogen) atoms. The number of fused-ring (bicyclic) bond motifs is 2. The van der Waals surface area contributed by atoms with E-state index in [1.807, 2.05) is 42.3 Å². The van der Waals surface area contributed by atoms with Gasteiger partial charge in [0, 0.05) is 54.1 Å². The summed E-state index contributed by atoms with van der Waals surface area (Å²) in [7, 11) is 1.95. The van der Waals surface area contributed by atoms with Gasteiger partial charge in [-0.05, 0) is 37.3 Å². The number of aromatic amines is 1. The van der Waals surface area contributed by atoms with Crippen LogP contribution in [0.3, 0.4) is 0 Å². The molecule has 4 aromatic heterocycles. The third kappa shape index (κ3) is 3.03. The first-order chi connectivity index (χ1) is 15.7. The van der Waals surface area contributed by atoms with Gasteiger partial charge in [-0.1, -0.05) is 6.07 Å². The van der Waals surface area contributed by atoms with Crippen LogP contribution in [0.2, 0.25) is 0 Å². The maximum Gasteiger partial charge on any atom is 0.164 e. The van der Waals surface area contributed by atoms with Gasteiger partial charge in [0.2, 0.25) is 0 Å². The van der Waals surface area contributed by atoms with Crippen LogP contribution in [0, 0.1) is 0 Å². The monoisotopic (exact) mass is 425 g/mol.